The highest BCUT2D eigenvalue weighted by atomic mass is 35.5. The largest absolute Gasteiger partial charge is 0.389 e. The molecule has 0 aliphatic rings. The molecule has 0 aromatic rings. The lowest BCUT2D eigenvalue weighted by Gasteiger charge is -2.13. The van der Waals surface area contributed by atoms with Gasteiger partial charge in [-0.3, -0.25) is 0 Å². The van der Waals surface area contributed by atoms with Crippen molar-refractivity contribution in [2.24, 2.45) is 5.92 Å². The smallest absolute Gasteiger partial charge is 0.171 e. The molecule has 1 unspecified atom stereocenters. The normalized spacial score (nSPS) is 14.8. The Bertz CT molecular complexity index is 111. The van der Waals surface area contributed by atoms with E-state index in [1.54, 1.807) is 0 Å². The average Bonchev–Trinajstić information content (AvgIpc) is 1.96. The minimum atomic E-state index is -4.01. The van der Waals surface area contributed by atoms with Crippen LogP contribution in [0.15, 0.2) is 0 Å². The molecule has 0 spiro atoms. The van der Waals surface area contributed by atoms with Gasteiger partial charge in [0.15, 0.2) is 0 Å². The van der Waals surface area contributed by atoms with Gasteiger partial charge in [-0.15, -0.1) is 11.6 Å². The summed E-state index contributed by atoms with van der Waals surface area (Å²) >= 11 is 5.44. The van der Waals surface area contributed by atoms with Crippen molar-refractivity contribution in [2.45, 2.75) is 38.8 Å². The molecule has 0 saturated heterocycles. The van der Waals surface area contributed by atoms with Gasteiger partial charge < -0.3 is 0 Å². The zero-order valence-corrected chi connectivity index (χ0v) is 7.88. The van der Waals surface area contributed by atoms with Crippen LogP contribution in [-0.4, -0.2) is 12.1 Å². The Morgan fingerprint density at radius 1 is 1.25 bits per heavy atom. The topological polar surface area (TPSA) is 0 Å². The van der Waals surface area contributed by atoms with Crippen molar-refractivity contribution < 1.29 is 13.2 Å². The molecule has 0 aromatic carbocycles. The summed E-state index contributed by atoms with van der Waals surface area (Å²) in [6.45, 7) is 1.90. The third kappa shape index (κ3) is 6.77. The van der Waals surface area contributed by atoms with Crippen LogP contribution in [0.3, 0.4) is 0 Å². The van der Waals surface area contributed by atoms with Crippen molar-refractivity contribution in [3.8, 4) is 0 Å². The van der Waals surface area contributed by atoms with Gasteiger partial charge in [0, 0.05) is 12.3 Å². The zero-order valence-electron chi connectivity index (χ0n) is 7.12. The van der Waals surface area contributed by atoms with Crippen LogP contribution in [0.4, 0.5) is 13.2 Å². The maximum absolute atomic E-state index is 11.8. The Morgan fingerprint density at radius 3 is 2.17 bits per heavy atom. The summed E-state index contributed by atoms with van der Waals surface area (Å²) in [4.78, 5) is 0. The number of hydrogen-bond donors (Lipinski definition) is 0. The molecule has 0 N–H and O–H groups in total. The molecule has 0 nitrogen and oxygen atoms in total. The van der Waals surface area contributed by atoms with Gasteiger partial charge in [-0.05, 0) is 18.8 Å². The molecule has 0 rings (SSSR count). The van der Waals surface area contributed by atoms with E-state index in [-0.39, 0.29) is 12.3 Å². The highest BCUT2D eigenvalue weighted by molar-refractivity contribution is 6.17. The molecule has 0 radical (unpaired) electrons. The molecule has 1 atom stereocenters. The molecule has 0 heterocycles. The number of halogens is 4. The summed E-state index contributed by atoms with van der Waals surface area (Å²) in [7, 11) is 0. The molecule has 0 amide bonds. The van der Waals surface area contributed by atoms with E-state index < -0.39 is 12.6 Å². The predicted molar refractivity (Wildman–Crippen MR) is 44.4 cm³/mol. The first-order valence-electron chi connectivity index (χ1n) is 4.12. The van der Waals surface area contributed by atoms with Crippen molar-refractivity contribution in [1.82, 2.24) is 0 Å². The first kappa shape index (κ1) is 12.1. The van der Waals surface area contributed by atoms with Crippen LogP contribution in [0.25, 0.3) is 0 Å². The summed E-state index contributed by atoms with van der Waals surface area (Å²) < 4.78 is 35.3. The number of alkyl halides is 4. The molecular formula is C8H14ClF3. The second-order valence-electron chi connectivity index (χ2n) is 2.91. The van der Waals surface area contributed by atoms with E-state index in [0.29, 0.717) is 12.3 Å². The molecule has 0 aromatic heterocycles. The fourth-order valence-electron chi connectivity index (χ4n) is 1.07. The summed E-state index contributed by atoms with van der Waals surface area (Å²) in [6.07, 6.45) is -3.01. The Hall–Kier alpha value is 0.0800. The van der Waals surface area contributed by atoms with Gasteiger partial charge in [0.05, 0.1) is 0 Å². The van der Waals surface area contributed by atoms with E-state index >= 15 is 0 Å². The van der Waals surface area contributed by atoms with Crippen molar-refractivity contribution in [2.75, 3.05) is 5.88 Å². The van der Waals surface area contributed by atoms with Crippen LogP contribution < -0.4 is 0 Å². The molecule has 4 heteroatoms. The average molecular weight is 203 g/mol. The Labute approximate surface area is 76.1 Å². The molecule has 0 aliphatic heterocycles. The van der Waals surface area contributed by atoms with Gasteiger partial charge in [0.2, 0.25) is 0 Å². The van der Waals surface area contributed by atoms with Crippen molar-refractivity contribution in [1.29, 1.82) is 0 Å². The summed E-state index contributed by atoms with van der Waals surface area (Å²) in [5.41, 5.74) is 0. The second kappa shape index (κ2) is 5.68. The SMILES string of the molecule is CCC(CCCl)CCC(F)(F)F. The maximum atomic E-state index is 11.8. The minimum absolute atomic E-state index is 0.129. The summed E-state index contributed by atoms with van der Waals surface area (Å²) in [5, 5.41) is 0. The molecular weight excluding hydrogens is 189 g/mol. The van der Waals surface area contributed by atoms with E-state index in [4.69, 9.17) is 11.6 Å². The van der Waals surface area contributed by atoms with E-state index in [1.807, 2.05) is 6.92 Å². The highest BCUT2D eigenvalue weighted by Crippen LogP contribution is 2.26. The zero-order chi connectivity index (χ0) is 9.61. The fraction of sp³-hybridized carbons (Fsp3) is 1.00. The lowest BCUT2D eigenvalue weighted by Crippen LogP contribution is -2.11. The lowest BCUT2D eigenvalue weighted by molar-refractivity contribution is -0.137. The van der Waals surface area contributed by atoms with Crippen LogP contribution in [0.5, 0.6) is 0 Å². The van der Waals surface area contributed by atoms with Gasteiger partial charge in [-0.25, -0.2) is 0 Å². The van der Waals surface area contributed by atoms with E-state index in [1.165, 1.54) is 0 Å². The van der Waals surface area contributed by atoms with Gasteiger partial charge in [-0.1, -0.05) is 13.3 Å². The predicted octanol–water partition coefficient (Wildman–Crippen LogP) is 3.98. The van der Waals surface area contributed by atoms with Gasteiger partial charge >= 0.3 is 6.18 Å². The van der Waals surface area contributed by atoms with Crippen LogP contribution in [0.1, 0.15) is 32.6 Å². The molecule has 0 fully saturated rings. The highest BCUT2D eigenvalue weighted by Gasteiger charge is 2.27. The Morgan fingerprint density at radius 2 is 1.83 bits per heavy atom. The van der Waals surface area contributed by atoms with Gasteiger partial charge in [0.25, 0.3) is 0 Å². The van der Waals surface area contributed by atoms with Gasteiger partial charge in [0.1, 0.15) is 0 Å². The fourth-order valence-corrected chi connectivity index (χ4v) is 1.38. The third-order valence-corrected chi connectivity index (χ3v) is 2.15. The van der Waals surface area contributed by atoms with Crippen LogP contribution in [0.2, 0.25) is 0 Å². The quantitative estimate of drug-likeness (QED) is 0.592. The minimum Gasteiger partial charge on any atom is -0.171 e. The van der Waals surface area contributed by atoms with E-state index in [9.17, 15) is 13.2 Å². The van der Waals surface area contributed by atoms with Crippen molar-refractivity contribution in [3.63, 3.8) is 0 Å². The number of hydrogen-bond acceptors (Lipinski definition) is 0. The van der Waals surface area contributed by atoms with Crippen molar-refractivity contribution in [3.05, 3.63) is 0 Å². The lowest BCUT2D eigenvalue weighted by atomic mass is 9.97. The third-order valence-electron chi connectivity index (χ3n) is 1.93. The first-order valence-corrected chi connectivity index (χ1v) is 4.65. The van der Waals surface area contributed by atoms with E-state index in [2.05, 4.69) is 0 Å². The molecule has 74 valence electrons. The Balaban J connectivity index is 3.58. The molecule has 12 heavy (non-hydrogen) atoms. The standard InChI is InChI=1S/C8H14ClF3/c1-2-7(4-6-9)3-5-8(10,11)12/h7H,2-6H2,1H3. The molecule has 0 bridgehead atoms. The van der Waals surface area contributed by atoms with Crippen LogP contribution in [-0.2, 0) is 0 Å². The van der Waals surface area contributed by atoms with E-state index in [0.717, 1.165) is 6.42 Å². The van der Waals surface area contributed by atoms with Crippen LogP contribution >= 0.6 is 11.6 Å². The van der Waals surface area contributed by atoms with Crippen molar-refractivity contribution >= 4 is 11.6 Å². The molecule has 0 saturated carbocycles. The second-order valence-corrected chi connectivity index (χ2v) is 3.28. The van der Waals surface area contributed by atoms with Crippen LogP contribution in [0, 0.1) is 5.92 Å². The maximum Gasteiger partial charge on any atom is 0.389 e. The monoisotopic (exact) mass is 202 g/mol. The summed E-state index contributed by atoms with van der Waals surface area (Å²) in [6, 6.07) is 0. The number of rotatable bonds is 5. The Kier molecular flexibility index (Phi) is 5.72. The first-order chi connectivity index (χ1) is 5.49. The van der Waals surface area contributed by atoms with Gasteiger partial charge in [-0.2, -0.15) is 13.2 Å². The molecule has 0 aliphatic carbocycles. The summed E-state index contributed by atoms with van der Waals surface area (Å²) in [5.74, 6) is 0.584.